The maximum Gasteiger partial charge on any atom is 0.163 e. The minimum atomic E-state index is -0.636. The molecule has 0 N–H and O–H groups in total. The zero-order chi connectivity index (χ0) is 12.2. The van der Waals surface area contributed by atoms with E-state index in [9.17, 15) is 10.5 Å². The molecule has 1 fully saturated rings. The Bertz CT molecular complexity index is 475. The first kappa shape index (κ1) is 10.5. The summed E-state index contributed by atoms with van der Waals surface area (Å²) in [4.78, 5) is 0. The van der Waals surface area contributed by atoms with E-state index >= 15 is 0 Å². The fourth-order valence-electron chi connectivity index (χ4n) is 2.98. The molecule has 1 saturated heterocycles. The number of nitrogens with zero attached hydrogens (tertiary/aromatic N) is 2. The lowest BCUT2D eigenvalue weighted by Crippen LogP contribution is -2.44. The van der Waals surface area contributed by atoms with Gasteiger partial charge in [0.25, 0.3) is 0 Å². The Morgan fingerprint density at radius 1 is 1.00 bits per heavy atom. The van der Waals surface area contributed by atoms with Gasteiger partial charge in [0.1, 0.15) is 0 Å². The van der Waals surface area contributed by atoms with Gasteiger partial charge in [0.05, 0.1) is 35.5 Å². The highest BCUT2D eigenvalue weighted by Crippen LogP contribution is 2.49. The van der Waals surface area contributed by atoms with Gasteiger partial charge >= 0.3 is 0 Å². The van der Waals surface area contributed by atoms with Crippen molar-refractivity contribution in [3.63, 3.8) is 0 Å². The van der Waals surface area contributed by atoms with Crippen LogP contribution in [0.4, 0.5) is 0 Å². The van der Waals surface area contributed by atoms with Crippen LogP contribution in [0.3, 0.4) is 0 Å². The zero-order valence-corrected chi connectivity index (χ0v) is 9.68. The van der Waals surface area contributed by atoms with E-state index in [0.717, 1.165) is 0 Å². The molecule has 0 aromatic heterocycles. The Hall–Kier alpha value is -1.62. The molecule has 17 heavy (non-hydrogen) atoms. The molecule has 0 saturated carbocycles. The third kappa shape index (κ3) is 1.29. The lowest BCUT2D eigenvalue weighted by Gasteiger charge is -2.38. The maximum atomic E-state index is 9.18. The predicted octanol–water partition coefficient (Wildman–Crippen LogP) is 1.67. The molecule has 4 rings (SSSR count). The van der Waals surface area contributed by atoms with Crippen molar-refractivity contribution >= 4 is 0 Å². The van der Waals surface area contributed by atoms with Gasteiger partial charge in [-0.1, -0.05) is 12.2 Å². The van der Waals surface area contributed by atoms with Crippen LogP contribution in [0.5, 0.6) is 0 Å². The van der Waals surface area contributed by atoms with Crippen LogP contribution in [-0.2, 0) is 9.47 Å². The van der Waals surface area contributed by atoms with Crippen LogP contribution in [0.1, 0.15) is 13.8 Å². The summed E-state index contributed by atoms with van der Waals surface area (Å²) >= 11 is 0. The van der Waals surface area contributed by atoms with E-state index in [1.54, 1.807) is 0 Å². The largest absolute Gasteiger partial charge is 0.344 e. The molecule has 4 heteroatoms. The van der Waals surface area contributed by atoms with Crippen molar-refractivity contribution < 1.29 is 9.47 Å². The SMILES string of the molecule is CC1(C)O[C@@H]2[C@H](O1)[C@@H]1C=C[C@H]2C(C#N)=C1C#N. The van der Waals surface area contributed by atoms with Gasteiger partial charge in [-0.25, -0.2) is 0 Å². The van der Waals surface area contributed by atoms with Crippen LogP contribution in [0.2, 0.25) is 0 Å². The first-order valence-electron chi connectivity index (χ1n) is 5.65. The van der Waals surface area contributed by atoms with E-state index in [4.69, 9.17) is 9.47 Å². The Morgan fingerprint density at radius 3 is 1.76 bits per heavy atom. The molecule has 4 nitrogen and oxygen atoms in total. The van der Waals surface area contributed by atoms with Crippen molar-refractivity contribution in [2.75, 3.05) is 0 Å². The lowest BCUT2D eigenvalue weighted by molar-refractivity contribution is -0.148. The second-order valence-corrected chi connectivity index (χ2v) is 5.05. The van der Waals surface area contributed by atoms with Gasteiger partial charge in [0, 0.05) is 11.8 Å². The van der Waals surface area contributed by atoms with E-state index in [-0.39, 0.29) is 24.0 Å². The topological polar surface area (TPSA) is 66.0 Å². The maximum absolute atomic E-state index is 9.18. The number of rotatable bonds is 0. The minimum Gasteiger partial charge on any atom is -0.344 e. The van der Waals surface area contributed by atoms with Gasteiger partial charge in [-0.2, -0.15) is 10.5 Å². The molecule has 3 aliphatic carbocycles. The summed E-state index contributed by atoms with van der Waals surface area (Å²) in [7, 11) is 0. The molecule has 4 atom stereocenters. The Morgan fingerprint density at radius 2 is 1.41 bits per heavy atom. The summed E-state index contributed by atoms with van der Waals surface area (Å²) in [6.07, 6.45) is 3.67. The van der Waals surface area contributed by atoms with Gasteiger partial charge in [0.15, 0.2) is 5.79 Å². The Kier molecular flexibility index (Phi) is 1.98. The highest BCUT2D eigenvalue weighted by atomic mass is 16.8. The lowest BCUT2D eigenvalue weighted by atomic mass is 9.69. The average Bonchev–Trinajstić information content (AvgIpc) is 2.64. The molecule has 4 aliphatic rings. The quantitative estimate of drug-likeness (QED) is 0.591. The van der Waals surface area contributed by atoms with Crippen LogP contribution in [0.25, 0.3) is 0 Å². The number of nitriles is 2. The molecule has 1 heterocycles. The summed E-state index contributed by atoms with van der Waals surface area (Å²) in [6, 6.07) is 4.29. The van der Waals surface area contributed by atoms with Gasteiger partial charge in [0.2, 0.25) is 0 Å². The fraction of sp³-hybridized carbons (Fsp3) is 0.538. The molecule has 0 radical (unpaired) electrons. The van der Waals surface area contributed by atoms with E-state index in [0.29, 0.717) is 11.1 Å². The van der Waals surface area contributed by atoms with E-state index in [2.05, 4.69) is 12.1 Å². The third-order valence-corrected chi connectivity index (χ3v) is 3.60. The molecule has 0 unspecified atom stereocenters. The van der Waals surface area contributed by atoms with Crippen LogP contribution < -0.4 is 0 Å². The Labute approximate surface area is 99.7 Å². The van der Waals surface area contributed by atoms with Crippen LogP contribution in [0, 0.1) is 34.5 Å². The number of hydrogen-bond acceptors (Lipinski definition) is 4. The molecule has 0 amide bonds. The van der Waals surface area contributed by atoms with Crippen LogP contribution in [0.15, 0.2) is 23.3 Å². The standard InChI is InChI=1S/C13H12N2O2/c1-13(2)16-11-7-3-4-8(12(11)17-13)10(6-15)9(7)5-14/h3-4,7-8,11-12H,1-2H3/t7-,8+,11-,12+. The second-order valence-electron chi connectivity index (χ2n) is 5.05. The summed E-state index contributed by atoms with van der Waals surface area (Å²) in [5.74, 6) is -0.901. The molecular formula is C13H12N2O2. The highest BCUT2D eigenvalue weighted by Gasteiger charge is 2.54. The third-order valence-electron chi connectivity index (χ3n) is 3.60. The molecule has 1 aliphatic heterocycles. The van der Waals surface area contributed by atoms with Crippen molar-refractivity contribution in [3.05, 3.63) is 23.3 Å². The van der Waals surface area contributed by atoms with Crippen molar-refractivity contribution in [3.8, 4) is 12.1 Å². The van der Waals surface area contributed by atoms with Crippen molar-refractivity contribution in [2.24, 2.45) is 11.8 Å². The van der Waals surface area contributed by atoms with E-state index in [1.165, 1.54) is 0 Å². The van der Waals surface area contributed by atoms with Gasteiger partial charge in [-0.3, -0.25) is 0 Å². The summed E-state index contributed by atoms with van der Waals surface area (Å²) in [6.45, 7) is 3.73. The molecule has 2 bridgehead atoms. The van der Waals surface area contributed by atoms with Crippen molar-refractivity contribution in [1.82, 2.24) is 0 Å². The average molecular weight is 228 g/mol. The van der Waals surface area contributed by atoms with Crippen molar-refractivity contribution in [2.45, 2.75) is 31.8 Å². The van der Waals surface area contributed by atoms with Crippen molar-refractivity contribution in [1.29, 1.82) is 10.5 Å². The molecule has 0 aromatic carbocycles. The molecule has 0 spiro atoms. The van der Waals surface area contributed by atoms with E-state index in [1.807, 2.05) is 26.0 Å². The summed E-state index contributed by atoms with van der Waals surface area (Å²) in [5, 5.41) is 18.4. The molecule has 0 aromatic rings. The van der Waals surface area contributed by atoms with Crippen LogP contribution >= 0.6 is 0 Å². The number of hydrogen-bond donors (Lipinski definition) is 0. The molecule has 86 valence electrons. The minimum absolute atomic E-state index is 0.133. The van der Waals surface area contributed by atoms with Gasteiger partial charge < -0.3 is 9.47 Å². The summed E-state index contributed by atoms with van der Waals surface area (Å²) < 4.78 is 11.7. The van der Waals surface area contributed by atoms with Gasteiger partial charge in [-0.15, -0.1) is 0 Å². The summed E-state index contributed by atoms with van der Waals surface area (Å²) in [5.41, 5.74) is 1.09. The highest BCUT2D eigenvalue weighted by molar-refractivity contribution is 5.51. The van der Waals surface area contributed by atoms with E-state index < -0.39 is 5.79 Å². The predicted molar refractivity (Wildman–Crippen MR) is 58.2 cm³/mol. The monoisotopic (exact) mass is 228 g/mol. The number of ether oxygens (including phenoxy) is 2. The smallest absolute Gasteiger partial charge is 0.163 e. The Balaban J connectivity index is 2.08. The second kappa shape index (κ2) is 3.20. The van der Waals surface area contributed by atoms with Crippen LogP contribution in [-0.4, -0.2) is 18.0 Å². The first-order chi connectivity index (χ1) is 8.07. The molecular weight excluding hydrogens is 216 g/mol. The fourth-order valence-corrected chi connectivity index (χ4v) is 2.98. The van der Waals surface area contributed by atoms with Gasteiger partial charge in [-0.05, 0) is 13.8 Å². The normalized spacial score (nSPS) is 40.9. The first-order valence-corrected chi connectivity index (χ1v) is 5.65. The zero-order valence-electron chi connectivity index (χ0n) is 9.68.